The molecule has 1 heterocycles. The maximum absolute atomic E-state index is 11.0. The van der Waals surface area contributed by atoms with Crippen molar-refractivity contribution in [2.24, 2.45) is 0 Å². The van der Waals surface area contributed by atoms with Crippen molar-refractivity contribution in [2.75, 3.05) is 0 Å². The highest BCUT2D eigenvalue weighted by molar-refractivity contribution is 6.32. The van der Waals surface area contributed by atoms with Crippen LogP contribution in [0.5, 0.6) is 0 Å². The minimum absolute atomic E-state index is 0.329. The second-order valence-corrected chi connectivity index (χ2v) is 3.08. The van der Waals surface area contributed by atoms with Gasteiger partial charge < -0.3 is 0 Å². The van der Waals surface area contributed by atoms with Crippen LogP contribution < -0.4 is 5.69 Å². The van der Waals surface area contributed by atoms with E-state index in [2.05, 4.69) is 15.5 Å². The Balaban J connectivity index is 2.50. The Bertz CT molecular complexity index is 377. The Morgan fingerprint density at radius 3 is 2.83 bits per heavy atom. The number of H-pyrrole nitrogens is 1. The van der Waals surface area contributed by atoms with Crippen LogP contribution in [0.25, 0.3) is 5.70 Å². The summed E-state index contributed by atoms with van der Waals surface area (Å²) in [6.45, 7) is 0. The van der Waals surface area contributed by atoms with E-state index in [9.17, 15) is 4.79 Å². The zero-order chi connectivity index (χ0) is 8.55. The molecule has 0 bridgehead atoms. The predicted molar refractivity (Wildman–Crippen MR) is 43.6 cm³/mol. The molecule has 1 aromatic heterocycles. The minimum Gasteiger partial charge on any atom is -0.244 e. The lowest BCUT2D eigenvalue weighted by molar-refractivity contribution is 0.769. The average molecular weight is 187 g/mol. The number of allylic oxidation sites excluding steroid dienone is 2. The van der Waals surface area contributed by atoms with E-state index in [1.165, 1.54) is 4.68 Å². The number of aromatic nitrogens is 4. The summed E-state index contributed by atoms with van der Waals surface area (Å²) < 4.78 is 1.22. The van der Waals surface area contributed by atoms with Gasteiger partial charge in [0.2, 0.25) is 0 Å². The number of nitrogens with one attached hydrogen (secondary N) is 1. The van der Waals surface area contributed by atoms with Crippen molar-refractivity contribution in [3.63, 3.8) is 0 Å². The normalized spacial score (nSPS) is 17.4. The van der Waals surface area contributed by atoms with Crippen LogP contribution in [0.4, 0.5) is 0 Å². The Labute approximate surface area is 73.0 Å². The zero-order valence-corrected chi connectivity index (χ0v) is 7.01. The number of halogens is 1. The molecule has 0 aliphatic heterocycles. The summed E-state index contributed by atoms with van der Waals surface area (Å²) in [5, 5.41) is 9.92. The first-order valence-electron chi connectivity index (χ1n) is 3.67. The number of nitrogens with zero attached hydrogens (tertiary/aromatic N) is 3. The molecule has 0 saturated carbocycles. The van der Waals surface area contributed by atoms with E-state index in [0.717, 1.165) is 25.0 Å². The van der Waals surface area contributed by atoms with Crippen molar-refractivity contribution >= 4 is 17.3 Å². The quantitative estimate of drug-likeness (QED) is 0.697. The number of rotatable bonds is 1. The van der Waals surface area contributed by atoms with Gasteiger partial charge in [0.05, 0.1) is 5.70 Å². The molecule has 1 aliphatic rings. The maximum Gasteiger partial charge on any atom is 0.365 e. The minimum atomic E-state index is -0.329. The third-order valence-corrected chi connectivity index (χ3v) is 2.26. The molecule has 0 aromatic carbocycles. The van der Waals surface area contributed by atoms with Crippen LogP contribution in [0, 0.1) is 0 Å². The van der Waals surface area contributed by atoms with Crippen molar-refractivity contribution < 1.29 is 0 Å². The van der Waals surface area contributed by atoms with Crippen LogP contribution in [-0.4, -0.2) is 20.2 Å². The van der Waals surface area contributed by atoms with Gasteiger partial charge in [-0.1, -0.05) is 11.6 Å². The van der Waals surface area contributed by atoms with Crippen molar-refractivity contribution in [1.29, 1.82) is 0 Å². The molecular weight excluding hydrogens is 180 g/mol. The zero-order valence-electron chi connectivity index (χ0n) is 6.25. The summed E-state index contributed by atoms with van der Waals surface area (Å²) >= 11 is 5.88. The first-order valence-corrected chi connectivity index (χ1v) is 4.05. The van der Waals surface area contributed by atoms with Gasteiger partial charge in [-0.15, -0.1) is 0 Å². The molecule has 1 aliphatic carbocycles. The first-order chi connectivity index (χ1) is 5.79. The monoisotopic (exact) mass is 186 g/mol. The van der Waals surface area contributed by atoms with Gasteiger partial charge >= 0.3 is 5.69 Å². The van der Waals surface area contributed by atoms with Crippen molar-refractivity contribution in [2.45, 2.75) is 19.3 Å². The second-order valence-electron chi connectivity index (χ2n) is 2.62. The Morgan fingerprint density at radius 2 is 2.33 bits per heavy atom. The van der Waals surface area contributed by atoms with Crippen LogP contribution in [-0.2, 0) is 0 Å². The van der Waals surface area contributed by atoms with E-state index >= 15 is 0 Å². The van der Waals surface area contributed by atoms with E-state index in [4.69, 9.17) is 11.6 Å². The van der Waals surface area contributed by atoms with E-state index in [-0.39, 0.29) is 5.69 Å². The number of hydrogen-bond acceptors (Lipinski definition) is 3. The molecular formula is C6H7ClN4O. The molecule has 0 atom stereocenters. The van der Waals surface area contributed by atoms with Crippen molar-refractivity contribution in [3.05, 3.63) is 15.5 Å². The van der Waals surface area contributed by atoms with E-state index in [0.29, 0.717) is 5.03 Å². The van der Waals surface area contributed by atoms with Gasteiger partial charge in [-0.3, -0.25) is 0 Å². The van der Waals surface area contributed by atoms with Gasteiger partial charge in [-0.2, -0.15) is 4.68 Å². The molecule has 1 aromatic rings. The fourth-order valence-corrected chi connectivity index (χ4v) is 1.59. The van der Waals surface area contributed by atoms with Crippen LogP contribution in [0.2, 0.25) is 0 Å². The van der Waals surface area contributed by atoms with E-state index in [1.807, 2.05) is 0 Å². The summed E-state index contributed by atoms with van der Waals surface area (Å²) in [6.07, 6.45) is 2.61. The van der Waals surface area contributed by atoms with Gasteiger partial charge in [-0.25, -0.2) is 9.89 Å². The fraction of sp³-hybridized carbons (Fsp3) is 0.500. The summed E-state index contributed by atoms with van der Waals surface area (Å²) in [6, 6.07) is 0. The van der Waals surface area contributed by atoms with Gasteiger partial charge in [-0.05, 0) is 29.7 Å². The van der Waals surface area contributed by atoms with Crippen LogP contribution in [0.1, 0.15) is 19.3 Å². The molecule has 64 valence electrons. The summed E-state index contributed by atoms with van der Waals surface area (Å²) in [7, 11) is 0. The van der Waals surface area contributed by atoms with Crippen LogP contribution in [0.3, 0.4) is 0 Å². The molecule has 0 radical (unpaired) electrons. The summed E-state index contributed by atoms with van der Waals surface area (Å²) in [5.74, 6) is 0. The lowest BCUT2D eigenvalue weighted by Crippen LogP contribution is -2.16. The van der Waals surface area contributed by atoms with E-state index in [1.54, 1.807) is 0 Å². The predicted octanol–water partition coefficient (Wildman–Crippen LogP) is 0.558. The summed E-state index contributed by atoms with van der Waals surface area (Å²) in [5.41, 5.74) is 0.445. The maximum atomic E-state index is 11.0. The average Bonchev–Trinajstić information content (AvgIpc) is 2.59. The highest BCUT2D eigenvalue weighted by atomic mass is 35.5. The summed E-state index contributed by atoms with van der Waals surface area (Å²) in [4.78, 5) is 11.0. The van der Waals surface area contributed by atoms with Crippen molar-refractivity contribution in [3.8, 4) is 0 Å². The van der Waals surface area contributed by atoms with Gasteiger partial charge in [0.15, 0.2) is 0 Å². The largest absolute Gasteiger partial charge is 0.365 e. The number of tetrazole rings is 1. The molecule has 1 N–H and O–H groups in total. The fourth-order valence-electron chi connectivity index (χ4n) is 1.29. The topological polar surface area (TPSA) is 63.6 Å². The molecule has 2 rings (SSSR count). The van der Waals surface area contributed by atoms with Gasteiger partial charge in [0.1, 0.15) is 0 Å². The highest BCUT2D eigenvalue weighted by Crippen LogP contribution is 2.30. The Kier molecular flexibility index (Phi) is 1.73. The number of hydrogen-bond donors (Lipinski definition) is 1. The second kappa shape index (κ2) is 2.75. The Hall–Kier alpha value is -1.10. The standard InChI is InChI=1S/C6H7ClN4O/c7-4-2-1-3-5(4)11-6(12)8-9-10-11/h1-3H2,(H,8,10,12). The van der Waals surface area contributed by atoms with Crippen LogP contribution >= 0.6 is 11.6 Å². The molecule has 12 heavy (non-hydrogen) atoms. The first kappa shape index (κ1) is 7.54. The molecule has 0 amide bonds. The molecule has 6 heteroatoms. The van der Waals surface area contributed by atoms with Crippen molar-refractivity contribution in [1.82, 2.24) is 20.2 Å². The lowest BCUT2D eigenvalue weighted by atomic mass is 10.3. The molecule has 5 nitrogen and oxygen atoms in total. The number of aromatic amines is 1. The third kappa shape index (κ3) is 1.06. The highest BCUT2D eigenvalue weighted by Gasteiger charge is 2.16. The van der Waals surface area contributed by atoms with Crippen LogP contribution in [0.15, 0.2) is 9.83 Å². The van der Waals surface area contributed by atoms with E-state index < -0.39 is 0 Å². The third-order valence-electron chi connectivity index (χ3n) is 1.85. The SMILES string of the molecule is O=c1[nH]nnn1C1=C(Cl)CCC1. The molecule has 0 saturated heterocycles. The van der Waals surface area contributed by atoms with Gasteiger partial charge in [0.25, 0.3) is 0 Å². The smallest absolute Gasteiger partial charge is 0.244 e. The molecule has 0 spiro atoms. The van der Waals surface area contributed by atoms with Gasteiger partial charge in [0, 0.05) is 5.03 Å². The lowest BCUT2D eigenvalue weighted by Gasteiger charge is -1.96. The molecule has 0 unspecified atom stereocenters. The molecule has 0 fully saturated rings. The Morgan fingerprint density at radius 1 is 1.50 bits per heavy atom.